The Morgan fingerprint density at radius 2 is 2.29 bits per heavy atom. The van der Waals surface area contributed by atoms with Crippen molar-refractivity contribution in [2.45, 2.75) is 76.0 Å². The number of hydrogen-bond acceptors (Lipinski definition) is 5. The van der Waals surface area contributed by atoms with Gasteiger partial charge in [0.1, 0.15) is 0 Å². The van der Waals surface area contributed by atoms with E-state index >= 15 is 0 Å². The van der Waals surface area contributed by atoms with E-state index in [1.807, 2.05) is 13.8 Å². The van der Waals surface area contributed by atoms with Crippen molar-refractivity contribution in [1.82, 2.24) is 4.90 Å². The molecule has 7 unspecified atom stereocenters. The van der Waals surface area contributed by atoms with Gasteiger partial charge in [-0.05, 0) is 32.2 Å². The summed E-state index contributed by atoms with van der Waals surface area (Å²) in [6.45, 7) is 4.99. The van der Waals surface area contributed by atoms with E-state index in [1.54, 1.807) is 0 Å². The Labute approximate surface area is 125 Å². The topological polar surface area (TPSA) is 59.0 Å². The van der Waals surface area contributed by atoms with E-state index in [2.05, 4.69) is 4.90 Å². The molecule has 0 radical (unpaired) electrons. The highest BCUT2D eigenvalue weighted by molar-refractivity contribution is 5.75. The van der Waals surface area contributed by atoms with E-state index in [0.29, 0.717) is 0 Å². The number of aliphatic hydroxyl groups excluding tert-OH is 1. The van der Waals surface area contributed by atoms with Gasteiger partial charge in [0, 0.05) is 18.5 Å². The molecule has 1 N–H and O–H groups in total. The molecule has 7 atom stereocenters. The first-order valence-corrected chi connectivity index (χ1v) is 8.42. The number of ether oxygens (including phenoxy) is 2. The number of hydrogen-bond donors (Lipinski definition) is 1. The lowest BCUT2D eigenvalue weighted by atomic mass is 9.78. The fourth-order valence-electron chi connectivity index (χ4n) is 5.23. The minimum absolute atomic E-state index is 0.0990. The van der Waals surface area contributed by atoms with Gasteiger partial charge in [-0.1, -0.05) is 13.8 Å². The molecule has 2 bridgehead atoms. The van der Waals surface area contributed by atoms with Crippen LogP contribution in [-0.4, -0.2) is 52.6 Å². The molecule has 0 aromatic heterocycles. The van der Waals surface area contributed by atoms with Crippen molar-refractivity contribution in [3.8, 4) is 0 Å². The zero-order valence-electron chi connectivity index (χ0n) is 12.8. The first-order chi connectivity index (χ1) is 10.1. The highest BCUT2D eigenvalue weighted by Gasteiger charge is 2.68. The lowest BCUT2D eigenvalue weighted by Gasteiger charge is -2.46. The Kier molecular flexibility index (Phi) is 3.11. The van der Waals surface area contributed by atoms with Crippen molar-refractivity contribution in [1.29, 1.82) is 0 Å². The van der Waals surface area contributed by atoms with Crippen molar-refractivity contribution in [2.24, 2.45) is 11.8 Å². The highest BCUT2D eigenvalue weighted by atomic mass is 16.7. The summed E-state index contributed by atoms with van der Waals surface area (Å²) in [6, 6.07) is 0.436. The SMILES string of the molecule is CCC(O)C1CCC2OC34CCCN1C2C3C(C)C(=O)O4. The minimum atomic E-state index is -0.674. The second kappa shape index (κ2) is 4.67. The van der Waals surface area contributed by atoms with Crippen LogP contribution in [0.4, 0.5) is 0 Å². The zero-order valence-corrected chi connectivity index (χ0v) is 12.8. The van der Waals surface area contributed by atoms with Gasteiger partial charge >= 0.3 is 5.97 Å². The molecule has 0 amide bonds. The monoisotopic (exact) mass is 295 g/mol. The molecule has 4 heterocycles. The lowest BCUT2D eigenvalue weighted by Crippen LogP contribution is -2.58. The predicted molar refractivity (Wildman–Crippen MR) is 75.4 cm³/mol. The molecule has 4 rings (SSSR count). The Hall–Kier alpha value is -0.650. The maximum atomic E-state index is 12.1. The Morgan fingerprint density at radius 1 is 1.48 bits per heavy atom. The van der Waals surface area contributed by atoms with Gasteiger partial charge in [0.25, 0.3) is 0 Å². The molecule has 118 valence electrons. The summed E-state index contributed by atoms with van der Waals surface area (Å²) in [6.07, 6.45) is 4.35. The van der Waals surface area contributed by atoms with Crippen LogP contribution < -0.4 is 0 Å². The number of nitrogens with zero attached hydrogens (tertiary/aromatic N) is 1. The number of carbonyl (C=O) groups is 1. The summed E-state index contributed by atoms with van der Waals surface area (Å²) in [7, 11) is 0. The number of piperidine rings is 1. The van der Waals surface area contributed by atoms with Crippen LogP contribution in [0.5, 0.6) is 0 Å². The lowest BCUT2D eigenvalue weighted by molar-refractivity contribution is -0.223. The summed E-state index contributed by atoms with van der Waals surface area (Å²) in [5, 5.41) is 10.4. The van der Waals surface area contributed by atoms with Crippen LogP contribution in [-0.2, 0) is 14.3 Å². The van der Waals surface area contributed by atoms with Crippen LogP contribution in [0.15, 0.2) is 0 Å². The molecular weight excluding hydrogens is 270 g/mol. The molecule has 5 heteroatoms. The van der Waals surface area contributed by atoms with E-state index in [1.165, 1.54) is 0 Å². The maximum Gasteiger partial charge on any atom is 0.311 e. The van der Waals surface area contributed by atoms with Gasteiger partial charge in [-0.25, -0.2) is 0 Å². The summed E-state index contributed by atoms with van der Waals surface area (Å²) >= 11 is 0. The van der Waals surface area contributed by atoms with Crippen LogP contribution in [0.25, 0.3) is 0 Å². The summed E-state index contributed by atoms with van der Waals surface area (Å²) in [5.74, 6) is -0.756. The molecule has 0 aliphatic carbocycles. The highest BCUT2D eigenvalue weighted by Crippen LogP contribution is 2.56. The van der Waals surface area contributed by atoms with Crippen molar-refractivity contribution in [3.63, 3.8) is 0 Å². The second-order valence-corrected chi connectivity index (χ2v) is 7.16. The van der Waals surface area contributed by atoms with Gasteiger partial charge in [-0.15, -0.1) is 0 Å². The number of esters is 1. The molecule has 0 aromatic rings. The van der Waals surface area contributed by atoms with Gasteiger partial charge in [0.05, 0.1) is 24.0 Å². The molecule has 4 aliphatic rings. The fourth-order valence-corrected chi connectivity index (χ4v) is 5.23. The van der Waals surface area contributed by atoms with Crippen LogP contribution in [0.3, 0.4) is 0 Å². The van der Waals surface area contributed by atoms with E-state index in [-0.39, 0.29) is 42.1 Å². The third kappa shape index (κ3) is 1.77. The van der Waals surface area contributed by atoms with E-state index < -0.39 is 5.79 Å². The molecule has 5 nitrogen and oxygen atoms in total. The number of carbonyl (C=O) groups excluding carboxylic acids is 1. The van der Waals surface area contributed by atoms with Crippen molar-refractivity contribution in [2.75, 3.05) is 6.54 Å². The van der Waals surface area contributed by atoms with Gasteiger partial charge in [-0.3, -0.25) is 9.69 Å². The molecule has 0 spiro atoms. The molecule has 4 aliphatic heterocycles. The number of aliphatic hydroxyl groups is 1. The summed E-state index contributed by atoms with van der Waals surface area (Å²) in [4.78, 5) is 14.5. The Bertz CT molecular complexity index is 456. The molecule has 0 saturated carbocycles. The van der Waals surface area contributed by atoms with Crippen LogP contribution in [0.1, 0.15) is 46.0 Å². The van der Waals surface area contributed by atoms with E-state index in [0.717, 1.165) is 38.6 Å². The van der Waals surface area contributed by atoms with Gasteiger partial charge in [0.15, 0.2) is 0 Å². The van der Waals surface area contributed by atoms with Crippen LogP contribution in [0.2, 0.25) is 0 Å². The molecule has 4 fully saturated rings. The smallest absolute Gasteiger partial charge is 0.311 e. The fraction of sp³-hybridized carbons (Fsp3) is 0.938. The summed E-state index contributed by atoms with van der Waals surface area (Å²) < 4.78 is 12.0. The van der Waals surface area contributed by atoms with Crippen LogP contribution >= 0.6 is 0 Å². The standard InChI is InChI=1S/C16H25NO4/c1-3-11(18)10-5-6-12-14-13-9(2)15(19)21-16(13,20-12)7-4-8-17(10)14/h9-14,18H,3-8H2,1-2H3. The van der Waals surface area contributed by atoms with E-state index in [9.17, 15) is 9.90 Å². The predicted octanol–water partition coefficient (Wildman–Crippen LogP) is 1.29. The Balaban J connectivity index is 1.72. The van der Waals surface area contributed by atoms with Crippen molar-refractivity contribution < 1.29 is 19.4 Å². The zero-order chi connectivity index (χ0) is 14.8. The molecule has 21 heavy (non-hydrogen) atoms. The van der Waals surface area contributed by atoms with Gasteiger partial charge in [0.2, 0.25) is 5.79 Å². The average Bonchev–Trinajstić information content (AvgIpc) is 2.83. The maximum absolute atomic E-state index is 12.1. The van der Waals surface area contributed by atoms with Crippen molar-refractivity contribution >= 4 is 5.97 Å². The quantitative estimate of drug-likeness (QED) is 0.778. The van der Waals surface area contributed by atoms with E-state index in [4.69, 9.17) is 9.47 Å². The first-order valence-electron chi connectivity index (χ1n) is 8.42. The minimum Gasteiger partial charge on any atom is -0.432 e. The molecule has 0 aromatic carbocycles. The third-order valence-corrected chi connectivity index (χ3v) is 6.15. The average molecular weight is 295 g/mol. The van der Waals surface area contributed by atoms with Crippen molar-refractivity contribution in [3.05, 3.63) is 0 Å². The van der Waals surface area contributed by atoms with Gasteiger partial charge < -0.3 is 14.6 Å². The van der Waals surface area contributed by atoms with Gasteiger partial charge in [-0.2, -0.15) is 0 Å². The Morgan fingerprint density at radius 3 is 3.05 bits per heavy atom. The first kappa shape index (κ1) is 14.0. The third-order valence-electron chi connectivity index (χ3n) is 6.15. The normalized spacial score (nSPS) is 50.4. The van der Waals surface area contributed by atoms with Crippen LogP contribution in [0, 0.1) is 11.8 Å². The molecular formula is C16H25NO4. The second-order valence-electron chi connectivity index (χ2n) is 7.16. The summed E-state index contributed by atoms with van der Waals surface area (Å²) in [5.41, 5.74) is 0. The largest absolute Gasteiger partial charge is 0.432 e. The number of rotatable bonds is 2. The molecule has 4 saturated heterocycles.